The first-order chi connectivity index (χ1) is 14.1. The van der Waals surface area contributed by atoms with Crippen LogP contribution in [0.1, 0.15) is 43.4 Å². The molecule has 2 aromatic rings. The second kappa shape index (κ2) is 7.38. The molecule has 0 N–H and O–H groups in total. The van der Waals surface area contributed by atoms with Crippen molar-refractivity contribution in [2.75, 3.05) is 26.2 Å². The summed E-state index contributed by atoms with van der Waals surface area (Å²) in [6, 6.07) is 16.5. The molecular weight excluding hydrogens is 364 g/mol. The van der Waals surface area contributed by atoms with Crippen LogP contribution in [0.4, 0.5) is 0 Å². The second-order valence-electron chi connectivity index (χ2n) is 8.57. The normalized spacial score (nSPS) is 26.2. The average molecular weight is 392 g/mol. The number of nitrogens with zero attached hydrogens (tertiary/aromatic N) is 2. The Morgan fingerprint density at radius 3 is 2.66 bits per heavy atom. The zero-order valence-corrected chi connectivity index (χ0v) is 17.0. The fraction of sp³-hybridized carbons (Fsp3) is 0.458. The monoisotopic (exact) mass is 392 g/mol. The number of fused-ring (bicyclic) bond motifs is 1. The molecule has 3 aliphatic heterocycles. The molecular formula is C24H28N2O3. The number of amides is 1. The number of para-hydroxylation sites is 2. The van der Waals surface area contributed by atoms with Crippen LogP contribution in [0.25, 0.3) is 0 Å². The van der Waals surface area contributed by atoms with E-state index in [2.05, 4.69) is 34.1 Å². The smallest absolute Gasteiger partial charge is 0.219 e. The molecule has 3 aliphatic rings. The molecule has 2 fully saturated rings. The third-order valence-corrected chi connectivity index (χ3v) is 6.65. The van der Waals surface area contributed by atoms with Gasteiger partial charge in [0.2, 0.25) is 5.91 Å². The van der Waals surface area contributed by atoms with Crippen molar-refractivity contribution in [3.8, 4) is 11.5 Å². The van der Waals surface area contributed by atoms with Gasteiger partial charge in [-0.25, -0.2) is 0 Å². The van der Waals surface area contributed by atoms with Gasteiger partial charge in [-0.1, -0.05) is 36.4 Å². The van der Waals surface area contributed by atoms with E-state index >= 15 is 0 Å². The summed E-state index contributed by atoms with van der Waals surface area (Å²) >= 11 is 0. The standard InChI is InChI=1S/C24H28N2O3/c1-18(27)26-13-4-11-24(26)12-14-25(17-24)15-19-7-9-20(10-8-19)23-16-28-21-5-2-3-6-22(21)29-23/h2-3,5-10,23H,4,11-17H2,1H3/t23-,24?/m1/s1. The van der Waals surface area contributed by atoms with Crippen molar-refractivity contribution < 1.29 is 14.3 Å². The number of rotatable bonds is 3. The van der Waals surface area contributed by atoms with Crippen molar-refractivity contribution in [3.05, 3.63) is 59.7 Å². The molecule has 0 bridgehead atoms. The predicted octanol–water partition coefficient (Wildman–Crippen LogP) is 3.79. The molecule has 0 saturated carbocycles. The molecule has 2 saturated heterocycles. The van der Waals surface area contributed by atoms with E-state index in [4.69, 9.17) is 9.47 Å². The Bertz CT molecular complexity index is 897. The predicted molar refractivity (Wildman–Crippen MR) is 111 cm³/mol. The molecule has 1 amide bonds. The highest BCUT2D eigenvalue weighted by Crippen LogP contribution is 2.38. The van der Waals surface area contributed by atoms with Crippen LogP contribution in [0.3, 0.4) is 0 Å². The molecule has 1 unspecified atom stereocenters. The van der Waals surface area contributed by atoms with Gasteiger partial charge in [-0.2, -0.15) is 0 Å². The molecule has 5 rings (SSSR count). The lowest BCUT2D eigenvalue weighted by Gasteiger charge is -2.34. The summed E-state index contributed by atoms with van der Waals surface area (Å²) in [7, 11) is 0. The Labute approximate surface area is 172 Å². The van der Waals surface area contributed by atoms with Crippen molar-refractivity contribution >= 4 is 5.91 Å². The lowest BCUT2D eigenvalue weighted by molar-refractivity contribution is -0.132. The maximum absolute atomic E-state index is 12.0. The number of benzene rings is 2. The minimum atomic E-state index is -0.0726. The molecule has 2 aromatic carbocycles. The van der Waals surface area contributed by atoms with Gasteiger partial charge < -0.3 is 14.4 Å². The molecule has 1 spiro atoms. The summed E-state index contributed by atoms with van der Waals surface area (Å²) in [5, 5.41) is 0. The number of ether oxygens (including phenoxy) is 2. The van der Waals surface area contributed by atoms with E-state index in [1.165, 1.54) is 5.56 Å². The lowest BCUT2D eigenvalue weighted by atomic mass is 9.95. The summed E-state index contributed by atoms with van der Waals surface area (Å²) in [4.78, 5) is 16.6. The van der Waals surface area contributed by atoms with Gasteiger partial charge in [-0.15, -0.1) is 0 Å². The zero-order chi connectivity index (χ0) is 19.8. The Morgan fingerprint density at radius 2 is 1.86 bits per heavy atom. The first kappa shape index (κ1) is 18.5. The third-order valence-electron chi connectivity index (χ3n) is 6.65. The Kier molecular flexibility index (Phi) is 4.70. The van der Waals surface area contributed by atoms with E-state index in [1.807, 2.05) is 24.3 Å². The van der Waals surface area contributed by atoms with E-state index in [0.29, 0.717) is 6.61 Å². The van der Waals surface area contributed by atoms with E-state index in [9.17, 15) is 4.79 Å². The van der Waals surface area contributed by atoms with Gasteiger partial charge in [0.15, 0.2) is 17.6 Å². The minimum absolute atomic E-state index is 0.0726. The largest absolute Gasteiger partial charge is 0.485 e. The van der Waals surface area contributed by atoms with Crippen molar-refractivity contribution in [3.63, 3.8) is 0 Å². The molecule has 5 nitrogen and oxygen atoms in total. The van der Waals surface area contributed by atoms with Crippen molar-refractivity contribution in [1.82, 2.24) is 9.80 Å². The molecule has 0 aromatic heterocycles. The highest BCUT2D eigenvalue weighted by atomic mass is 16.6. The first-order valence-corrected chi connectivity index (χ1v) is 10.6. The van der Waals surface area contributed by atoms with Crippen molar-refractivity contribution in [1.29, 1.82) is 0 Å². The lowest BCUT2D eigenvalue weighted by Crippen LogP contribution is -2.48. The van der Waals surface area contributed by atoms with Crippen LogP contribution in [0.5, 0.6) is 11.5 Å². The van der Waals surface area contributed by atoms with Crippen molar-refractivity contribution in [2.24, 2.45) is 0 Å². The fourth-order valence-corrected chi connectivity index (χ4v) is 5.21. The maximum atomic E-state index is 12.0. The van der Waals surface area contributed by atoms with Crippen LogP contribution in [-0.2, 0) is 11.3 Å². The highest BCUT2D eigenvalue weighted by molar-refractivity contribution is 5.74. The summed E-state index contributed by atoms with van der Waals surface area (Å²) in [6.07, 6.45) is 3.30. The van der Waals surface area contributed by atoms with E-state index < -0.39 is 0 Å². The van der Waals surface area contributed by atoms with Crippen LogP contribution in [0.2, 0.25) is 0 Å². The van der Waals surface area contributed by atoms with Gasteiger partial charge in [-0.3, -0.25) is 9.69 Å². The molecule has 3 heterocycles. The van der Waals surface area contributed by atoms with Gasteiger partial charge in [0, 0.05) is 33.1 Å². The van der Waals surface area contributed by atoms with Gasteiger partial charge in [0.05, 0.1) is 5.54 Å². The molecule has 29 heavy (non-hydrogen) atoms. The molecule has 0 aliphatic carbocycles. The molecule has 152 valence electrons. The van der Waals surface area contributed by atoms with E-state index in [0.717, 1.165) is 62.5 Å². The van der Waals surface area contributed by atoms with Gasteiger partial charge >= 0.3 is 0 Å². The summed E-state index contributed by atoms with van der Waals surface area (Å²) in [6.45, 7) is 6.14. The minimum Gasteiger partial charge on any atom is -0.485 e. The quantitative estimate of drug-likeness (QED) is 0.797. The highest BCUT2D eigenvalue weighted by Gasteiger charge is 2.46. The first-order valence-electron chi connectivity index (χ1n) is 10.6. The number of hydrogen-bond donors (Lipinski definition) is 0. The summed E-state index contributed by atoms with van der Waals surface area (Å²) in [5.41, 5.74) is 2.52. The Hall–Kier alpha value is -2.53. The number of carbonyl (C=O) groups is 1. The molecule has 0 radical (unpaired) electrons. The van der Waals surface area contributed by atoms with Crippen molar-refractivity contribution in [2.45, 2.75) is 44.4 Å². The Balaban J connectivity index is 1.22. The number of hydrogen-bond acceptors (Lipinski definition) is 4. The average Bonchev–Trinajstić information content (AvgIpc) is 3.35. The molecule has 2 atom stereocenters. The van der Waals surface area contributed by atoms with Crippen LogP contribution in [0.15, 0.2) is 48.5 Å². The van der Waals surface area contributed by atoms with Crippen LogP contribution in [-0.4, -0.2) is 47.5 Å². The van der Waals surface area contributed by atoms with Gasteiger partial charge in [0.25, 0.3) is 0 Å². The maximum Gasteiger partial charge on any atom is 0.219 e. The van der Waals surface area contributed by atoms with Gasteiger partial charge in [0.1, 0.15) is 6.61 Å². The molecule has 5 heteroatoms. The third kappa shape index (κ3) is 3.48. The van der Waals surface area contributed by atoms with Gasteiger partial charge in [-0.05, 0) is 42.5 Å². The van der Waals surface area contributed by atoms with Crippen LogP contribution in [0, 0.1) is 0 Å². The topological polar surface area (TPSA) is 42.0 Å². The van der Waals surface area contributed by atoms with Crippen LogP contribution < -0.4 is 9.47 Å². The number of likely N-dealkylation sites (tertiary alicyclic amines) is 2. The van der Waals surface area contributed by atoms with Crippen LogP contribution >= 0.6 is 0 Å². The SMILES string of the molecule is CC(=O)N1CCCC12CCN(Cc1ccc([C@H]3COc4ccccc4O3)cc1)C2. The fourth-order valence-electron chi connectivity index (χ4n) is 5.21. The zero-order valence-electron chi connectivity index (χ0n) is 17.0. The van der Waals surface area contributed by atoms with E-state index in [-0.39, 0.29) is 17.6 Å². The summed E-state index contributed by atoms with van der Waals surface area (Å²) < 4.78 is 12.0. The second-order valence-corrected chi connectivity index (χ2v) is 8.57. The van der Waals surface area contributed by atoms with E-state index in [1.54, 1.807) is 6.92 Å². The Morgan fingerprint density at radius 1 is 1.07 bits per heavy atom. The number of carbonyl (C=O) groups excluding carboxylic acids is 1. The summed E-state index contributed by atoms with van der Waals surface area (Å²) in [5.74, 6) is 1.85.